The van der Waals surface area contributed by atoms with E-state index in [1.54, 1.807) is 0 Å². The van der Waals surface area contributed by atoms with Crippen LogP contribution in [0.5, 0.6) is 0 Å². The quantitative estimate of drug-likeness (QED) is 0.485. The summed E-state index contributed by atoms with van der Waals surface area (Å²) in [6, 6.07) is 17.4. The molecule has 1 unspecified atom stereocenters. The number of benzene rings is 2. The van der Waals surface area contributed by atoms with Gasteiger partial charge in [0.2, 0.25) is 0 Å². The molecule has 3 N–H and O–H groups in total. The number of nitrogens with one attached hydrogen (secondary N) is 1. The fourth-order valence-corrected chi connectivity index (χ4v) is 2.56. The Balaban J connectivity index is 2.05. The maximum Gasteiger partial charge on any atom is 0.0291 e. The number of nitrogens with two attached hydrogens (primary N) is 1. The lowest BCUT2D eigenvalue weighted by atomic mass is 9.97. The van der Waals surface area contributed by atoms with E-state index in [2.05, 4.69) is 83.5 Å². The number of aryl methyl sites for hydroxylation is 1. The average molecular weight is 366 g/mol. The van der Waals surface area contributed by atoms with Crippen LogP contribution in [0, 0.1) is 10.5 Å². The molecule has 2 rings (SSSR count). The van der Waals surface area contributed by atoms with Gasteiger partial charge in [0.15, 0.2) is 0 Å². The van der Waals surface area contributed by atoms with Crippen LogP contribution in [0.15, 0.2) is 48.5 Å². The van der Waals surface area contributed by atoms with Gasteiger partial charge in [-0.25, -0.2) is 0 Å². The summed E-state index contributed by atoms with van der Waals surface area (Å²) in [6.07, 6.45) is 1.90. The topological polar surface area (TPSA) is 38.0 Å². The molecule has 0 spiro atoms. The highest BCUT2D eigenvalue weighted by atomic mass is 127. The third kappa shape index (κ3) is 4.30. The molecule has 0 saturated carbocycles. The van der Waals surface area contributed by atoms with Crippen molar-refractivity contribution in [2.75, 3.05) is 0 Å². The highest BCUT2D eigenvalue weighted by molar-refractivity contribution is 14.1. The van der Waals surface area contributed by atoms with Gasteiger partial charge in [0.1, 0.15) is 0 Å². The lowest BCUT2D eigenvalue weighted by Crippen LogP contribution is -2.38. The molecule has 0 aliphatic carbocycles. The summed E-state index contributed by atoms with van der Waals surface area (Å²) < 4.78 is 1.26. The fraction of sp³-hybridized carbons (Fsp3) is 0.250. The summed E-state index contributed by atoms with van der Waals surface area (Å²) in [7, 11) is 0. The molecule has 0 saturated heterocycles. The Morgan fingerprint density at radius 2 is 1.74 bits per heavy atom. The number of hydrogen-bond acceptors (Lipinski definition) is 2. The molecular formula is C16H19IN2. The Hall–Kier alpha value is -0.910. The zero-order valence-corrected chi connectivity index (χ0v) is 13.2. The van der Waals surface area contributed by atoms with Crippen LogP contribution in [0.2, 0.25) is 0 Å². The maximum atomic E-state index is 5.70. The molecule has 0 heterocycles. The van der Waals surface area contributed by atoms with Crippen molar-refractivity contribution in [3.8, 4) is 0 Å². The predicted octanol–water partition coefficient (Wildman–Crippen LogP) is 3.22. The SMILES string of the molecule is Cc1ccccc1CC(Cc1ccc(I)cc1)NN. The summed E-state index contributed by atoms with van der Waals surface area (Å²) in [4.78, 5) is 0. The minimum absolute atomic E-state index is 0.265. The van der Waals surface area contributed by atoms with Crippen LogP contribution in [0.3, 0.4) is 0 Å². The molecule has 2 nitrogen and oxygen atoms in total. The van der Waals surface area contributed by atoms with E-state index in [4.69, 9.17) is 5.84 Å². The van der Waals surface area contributed by atoms with Crippen molar-refractivity contribution in [1.82, 2.24) is 5.43 Å². The van der Waals surface area contributed by atoms with Crippen molar-refractivity contribution in [3.63, 3.8) is 0 Å². The van der Waals surface area contributed by atoms with Crippen LogP contribution in [0.1, 0.15) is 16.7 Å². The molecule has 0 amide bonds. The van der Waals surface area contributed by atoms with Gasteiger partial charge in [-0.2, -0.15) is 0 Å². The summed E-state index contributed by atoms with van der Waals surface area (Å²) in [6.45, 7) is 2.15. The fourth-order valence-electron chi connectivity index (χ4n) is 2.20. The van der Waals surface area contributed by atoms with Crippen molar-refractivity contribution in [2.24, 2.45) is 5.84 Å². The van der Waals surface area contributed by atoms with Gasteiger partial charge in [-0.15, -0.1) is 0 Å². The maximum absolute atomic E-state index is 5.70. The summed E-state index contributed by atoms with van der Waals surface area (Å²) >= 11 is 2.32. The molecular weight excluding hydrogens is 347 g/mol. The Labute approximate surface area is 128 Å². The van der Waals surface area contributed by atoms with Gasteiger partial charge in [0, 0.05) is 9.61 Å². The van der Waals surface area contributed by atoms with Gasteiger partial charge < -0.3 is 0 Å². The van der Waals surface area contributed by atoms with Crippen LogP contribution >= 0.6 is 22.6 Å². The highest BCUT2D eigenvalue weighted by Gasteiger charge is 2.10. The Morgan fingerprint density at radius 3 is 2.37 bits per heavy atom. The first-order valence-corrected chi connectivity index (χ1v) is 7.52. The zero-order chi connectivity index (χ0) is 13.7. The van der Waals surface area contributed by atoms with E-state index in [0.29, 0.717) is 0 Å². The van der Waals surface area contributed by atoms with E-state index in [0.717, 1.165) is 12.8 Å². The average Bonchev–Trinajstić information content (AvgIpc) is 2.43. The third-order valence-electron chi connectivity index (χ3n) is 3.36. The van der Waals surface area contributed by atoms with Gasteiger partial charge in [0.25, 0.3) is 0 Å². The molecule has 0 fully saturated rings. The van der Waals surface area contributed by atoms with E-state index in [-0.39, 0.29) is 6.04 Å². The molecule has 0 aliphatic heterocycles. The van der Waals surface area contributed by atoms with Gasteiger partial charge >= 0.3 is 0 Å². The first kappa shape index (κ1) is 14.5. The standard InChI is InChI=1S/C16H19IN2/c1-12-4-2-3-5-14(12)11-16(19-18)10-13-6-8-15(17)9-7-13/h2-9,16,19H,10-11,18H2,1H3. The van der Waals surface area contributed by atoms with Gasteiger partial charge in [-0.3, -0.25) is 11.3 Å². The number of hydrogen-bond donors (Lipinski definition) is 2. The summed E-state index contributed by atoms with van der Waals surface area (Å²) in [5, 5.41) is 0. The molecule has 2 aromatic carbocycles. The predicted molar refractivity (Wildman–Crippen MR) is 88.9 cm³/mol. The third-order valence-corrected chi connectivity index (χ3v) is 4.08. The van der Waals surface area contributed by atoms with E-state index < -0.39 is 0 Å². The number of rotatable bonds is 5. The van der Waals surface area contributed by atoms with Crippen molar-refractivity contribution in [1.29, 1.82) is 0 Å². The van der Waals surface area contributed by atoms with Gasteiger partial charge in [-0.1, -0.05) is 36.4 Å². The van der Waals surface area contributed by atoms with E-state index in [1.165, 1.54) is 20.3 Å². The van der Waals surface area contributed by atoms with E-state index >= 15 is 0 Å². The Morgan fingerprint density at radius 1 is 1.05 bits per heavy atom. The first-order valence-electron chi connectivity index (χ1n) is 6.44. The minimum Gasteiger partial charge on any atom is -0.271 e. The van der Waals surface area contributed by atoms with Crippen molar-refractivity contribution in [2.45, 2.75) is 25.8 Å². The Kier molecular flexibility index (Phi) is 5.36. The highest BCUT2D eigenvalue weighted by Crippen LogP contribution is 2.13. The summed E-state index contributed by atoms with van der Waals surface area (Å²) in [5.74, 6) is 5.70. The monoisotopic (exact) mass is 366 g/mol. The van der Waals surface area contributed by atoms with Gasteiger partial charge in [-0.05, 0) is 71.2 Å². The molecule has 100 valence electrons. The molecule has 0 radical (unpaired) electrons. The van der Waals surface area contributed by atoms with E-state index in [9.17, 15) is 0 Å². The minimum atomic E-state index is 0.265. The second-order valence-electron chi connectivity index (χ2n) is 4.82. The lowest BCUT2D eigenvalue weighted by molar-refractivity contribution is 0.521. The molecule has 1 atom stereocenters. The number of halogens is 1. The molecule has 0 aliphatic rings. The normalized spacial score (nSPS) is 12.4. The molecule has 2 aromatic rings. The molecule has 19 heavy (non-hydrogen) atoms. The summed E-state index contributed by atoms with van der Waals surface area (Å²) in [5.41, 5.74) is 6.94. The zero-order valence-electron chi connectivity index (χ0n) is 11.1. The van der Waals surface area contributed by atoms with Crippen molar-refractivity contribution in [3.05, 3.63) is 68.8 Å². The Bertz CT molecular complexity index is 523. The van der Waals surface area contributed by atoms with Crippen molar-refractivity contribution >= 4 is 22.6 Å². The van der Waals surface area contributed by atoms with Gasteiger partial charge in [0.05, 0.1) is 0 Å². The van der Waals surface area contributed by atoms with Crippen LogP contribution in [-0.4, -0.2) is 6.04 Å². The second kappa shape index (κ2) is 7.03. The van der Waals surface area contributed by atoms with Crippen molar-refractivity contribution < 1.29 is 0 Å². The number of hydrazine groups is 1. The van der Waals surface area contributed by atoms with Crippen LogP contribution in [0.4, 0.5) is 0 Å². The van der Waals surface area contributed by atoms with Crippen LogP contribution in [0.25, 0.3) is 0 Å². The lowest BCUT2D eigenvalue weighted by Gasteiger charge is -2.17. The first-order chi connectivity index (χ1) is 9.19. The molecule has 0 bridgehead atoms. The molecule has 3 heteroatoms. The van der Waals surface area contributed by atoms with E-state index in [1.807, 2.05) is 0 Å². The second-order valence-corrected chi connectivity index (χ2v) is 6.07. The van der Waals surface area contributed by atoms with Crippen LogP contribution < -0.4 is 11.3 Å². The largest absolute Gasteiger partial charge is 0.271 e. The van der Waals surface area contributed by atoms with Crippen LogP contribution in [-0.2, 0) is 12.8 Å². The molecule has 0 aromatic heterocycles. The smallest absolute Gasteiger partial charge is 0.0291 e.